The topological polar surface area (TPSA) is 12.0 Å². The lowest BCUT2D eigenvalue weighted by Crippen LogP contribution is -2.33. The van der Waals surface area contributed by atoms with Crippen molar-refractivity contribution in [3.63, 3.8) is 0 Å². The molecule has 1 aliphatic rings. The van der Waals surface area contributed by atoms with Crippen molar-refractivity contribution in [2.45, 2.75) is 32.1 Å². The Balaban J connectivity index is 2.09. The third-order valence-corrected chi connectivity index (χ3v) is 3.57. The maximum Gasteiger partial charge on any atom is -0.00147 e. The van der Waals surface area contributed by atoms with Crippen LogP contribution in [0, 0.1) is 5.92 Å². The van der Waals surface area contributed by atoms with Gasteiger partial charge >= 0.3 is 0 Å². The predicted octanol–water partition coefficient (Wildman–Crippen LogP) is 3.18. The molecule has 1 aliphatic heterocycles. The van der Waals surface area contributed by atoms with Gasteiger partial charge in [0.2, 0.25) is 0 Å². The third-order valence-electron chi connectivity index (χ3n) is 3.57. The lowest BCUT2D eigenvalue weighted by molar-refractivity contribution is 0.316. The summed E-state index contributed by atoms with van der Waals surface area (Å²) < 4.78 is 0. The number of rotatable bonds is 3. The van der Waals surface area contributed by atoms with E-state index in [1.54, 1.807) is 0 Å². The first-order chi connectivity index (χ1) is 7.42. The monoisotopic (exact) mass is 203 g/mol. The van der Waals surface area contributed by atoms with Crippen molar-refractivity contribution in [2.24, 2.45) is 5.92 Å². The first-order valence-electron chi connectivity index (χ1n) is 6.17. The Bertz CT molecular complexity index is 275. The summed E-state index contributed by atoms with van der Waals surface area (Å²) in [6, 6.07) is 11.0. The van der Waals surface area contributed by atoms with Gasteiger partial charge in [-0.15, -0.1) is 0 Å². The van der Waals surface area contributed by atoms with Gasteiger partial charge in [0, 0.05) is 0 Å². The molecular weight excluding hydrogens is 182 g/mol. The van der Waals surface area contributed by atoms with Gasteiger partial charge in [0.05, 0.1) is 0 Å². The van der Waals surface area contributed by atoms with E-state index in [-0.39, 0.29) is 0 Å². The largest absolute Gasteiger partial charge is 0.316 e. The first-order valence-corrected chi connectivity index (χ1v) is 6.17. The van der Waals surface area contributed by atoms with Gasteiger partial charge in [-0.25, -0.2) is 0 Å². The molecule has 1 nitrogen and oxygen atoms in total. The Labute approximate surface area is 92.9 Å². The van der Waals surface area contributed by atoms with Gasteiger partial charge in [-0.2, -0.15) is 0 Å². The van der Waals surface area contributed by atoms with Gasteiger partial charge in [-0.1, -0.05) is 37.3 Å². The van der Waals surface area contributed by atoms with Crippen molar-refractivity contribution in [1.29, 1.82) is 0 Å². The Morgan fingerprint density at radius 3 is 2.73 bits per heavy atom. The van der Waals surface area contributed by atoms with Crippen LogP contribution in [0.5, 0.6) is 0 Å². The molecule has 1 aromatic rings. The standard InChI is InChI=1S/C14H21N/c1-2-14(12-7-4-3-5-8-12)13-9-6-10-15-11-13/h3-5,7-8,13-15H,2,6,9-11H2,1H3. The summed E-state index contributed by atoms with van der Waals surface area (Å²) in [7, 11) is 0. The fourth-order valence-corrected chi connectivity index (χ4v) is 2.76. The molecule has 2 rings (SSSR count). The van der Waals surface area contributed by atoms with Crippen LogP contribution in [-0.4, -0.2) is 13.1 Å². The molecule has 0 saturated carbocycles. The van der Waals surface area contributed by atoms with Crippen LogP contribution in [0.2, 0.25) is 0 Å². The van der Waals surface area contributed by atoms with E-state index in [1.807, 2.05) is 0 Å². The maximum atomic E-state index is 3.52. The quantitative estimate of drug-likeness (QED) is 0.795. The number of hydrogen-bond donors (Lipinski definition) is 1. The minimum Gasteiger partial charge on any atom is -0.316 e. The van der Waals surface area contributed by atoms with Crippen LogP contribution in [0.3, 0.4) is 0 Å². The van der Waals surface area contributed by atoms with E-state index in [2.05, 4.69) is 42.6 Å². The summed E-state index contributed by atoms with van der Waals surface area (Å²) in [6.07, 6.45) is 3.99. The molecule has 0 aliphatic carbocycles. The van der Waals surface area contributed by atoms with Crippen LogP contribution in [0.4, 0.5) is 0 Å². The second-order valence-corrected chi connectivity index (χ2v) is 4.53. The van der Waals surface area contributed by atoms with E-state index in [0.29, 0.717) is 0 Å². The number of benzene rings is 1. The van der Waals surface area contributed by atoms with Crippen LogP contribution in [0.15, 0.2) is 30.3 Å². The number of piperidine rings is 1. The maximum absolute atomic E-state index is 3.52. The average molecular weight is 203 g/mol. The van der Waals surface area contributed by atoms with Crippen LogP contribution >= 0.6 is 0 Å². The zero-order chi connectivity index (χ0) is 10.5. The summed E-state index contributed by atoms with van der Waals surface area (Å²) in [5, 5.41) is 3.52. The highest BCUT2D eigenvalue weighted by Crippen LogP contribution is 2.31. The first kappa shape index (κ1) is 10.7. The molecule has 1 aromatic carbocycles. The minimum absolute atomic E-state index is 0.749. The van der Waals surface area contributed by atoms with E-state index in [1.165, 1.54) is 37.9 Å². The molecule has 1 heteroatoms. The molecule has 0 radical (unpaired) electrons. The highest BCUT2D eigenvalue weighted by Gasteiger charge is 2.22. The SMILES string of the molecule is CCC(c1ccccc1)C1CCCNC1. The van der Waals surface area contributed by atoms with E-state index >= 15 is 0 Å². The molecule has 0 amide bonds. The molecule has 2 atom stereocenters. The molecule has 1 N–H and O–H groups in total. The van der Waals surface area contributed by atoms with Crippen molar-refractivity contribution < 1.29 is 0 Å². The molecule has 0 spiro atoms. The highest BCUT2D eigenvalue weighted by molar-refractivity contribution is 5.20. The fourth-order valence-electron chi connectivity index (χ4n) is 2.76. The second kappa shape index (κ2) is 5.32. The van der Waals surface area contributed by atoms with E-state index in [9.17, 15) is 0 Å². The number of hydrogen-bond acceptors (Lipinski definition) is 1. The van der Waals surface area contributed by atoms with Crippen LogP contribution < -0.4 is 5.32 Å². The molecule has 82 valence electrons. The summed E-state index contributed by atoms with van der Waals surface area (Å²) >= 11 is 0. The van der Waals surface area contributed by atoms with Crippen molar-refractivity contribution in [1.82, 2.24) is 5.32 Å². The molecule has 2 unspecified atom stereocenters. The molecule has 0 bridgehead atoms. The molecule has 1 heterocycles. The average Bonchev–Trinajstić information content (AvgIpc) is 2.33. The Hall–Kier alpha value is -0.820. The summed E-state index contributed by atoms with van der Waals surface area (Å²) in [5.41, 5.74) is 1.52. The van der Waals surface area contributed by atoms with Gasteiger partial charge in [0.25, 0.3) is 0 Å². The molecule has 15 heavy (non-hydrogen) atoms. The van der Waals surface area contributed by atoms with Crippen molar-refractivity contribution >= 4 is 0 Å². The summed E-state index contributed by atoms with van der Waals surface area (Å²) in [6.45, 7) is 4.72. The van der Waals surface area contributed by atoms with Gasteiger partial charge in [-0.05, 0) is 49.8 Å². The Kier molecular flexibility index (Phi) is 3.79. The van der Waals surface area contributed by atoms with E-state index in [0.717, 1.165) is 11.8 Å². The lowest BCUT2D eigenvalue weighted by atomic mass is 9.80. The van der Waals surface area contributed by atoms with Gasteiger partial charge < -0.3 is 5.32 Å². The van der Waals surface area contributed by atoms with Crippen molar-refractivity contribution in [3.8, 4) is 0 Å². The highest BCUT2D eigenvalue weighted by atomic mass is 14.9. The molecule has 0 aromatic heterocycles. The number of nitrogens with one attached hydrogen (secondary N) is 1. The fraction of sp³-hybridized carbons (Fsp3) is 0.571. The summed E-state index contributed by atoms with van der Waals surface area (Å²) in [4.78, 5) is 0. The smallest absolute Gasteiger partial charge is 0.00147 e. The molecular formula is C14H21N. The van der Waals surface area contributed by atoms with E-state index in [4.69, 9.17) is 0 Å². The van der Waals surface area contributed by atoms with Gasteiger partial charge in [0.1, 0.15) is 0 Å². The van der Waals surface area contributed by atoms with Crippen LogP contribution in [0.25, 0.3) is 0 Å². The van der Waals surface area contributed by atoms with Crippen LogP contribution in [0.1, 0.15) is 37.7 Å². The molecule has 1 fully saturated rings. The third kappa shape index (κ3) is 2.60. The zero-order valence-electron chi connectivity index (χ0n) is 9.58. The Morgan fingerprint density at radius 2 is 2.13 bits per heavy atom. The zero-order valence-corrected chi connectivity index (χ0v) is 9.58. The van der Waals surface area contributed by atoms with Crippen molar-refractivity contribution in [3.05, 3.63) is 35.9 Å². The predicted molar refractivity (Wildman–Crippen MR) is 65.1 cm³/mol. The normalized spacial score (nSPS) is 23.7. The lowest BCUT2D eigenvalue weighted by Gasteiger charge is -2.30. The van der Waals surface area contributed by atoms with Crippen LogP contribution in [-0.2, 0) is 0 Å². The second-order valence-electron chi connectivity index (χ2n) is 4.53. The van der Waals surface area contributed by atoms with Gasteiger partial charge in [0.15, 0.2) is 0 Å². The van der Waals surface area contributed by atoms with Gasteiger partial charge in [-0.3, -0.25) is 0 Å². The minimum atomic E-state index is 0.749. The Morgan fingerprint density at radius 1 is 1.33 bits per heavy atom. The molecule has 1 saturated heterocycles. The summed E-state index contributed by atoms with van der Waals surface area (Å²) in [5.74, 6) is 1.59. The van der Waals surface area contributed by atoms with Crippen molar-refractivity contribution in [2.75, 3.05) is 13.1 Å². The van der Waals surface area contributed by atoms with E-state index < -0.39 is 0 Å².